The van der Waals surface area contributed by atoms with Gasteiger partial charge in [-0.05, 0) is 94.9 Å². The summed E-state index contributed by atoms with van der Waals surface area (Å²) >= 11 is 0. The predicted molar refractivity (Wildman–Crippen MR) is 164 cm³/mol. The monoisotopic (exact) mass is 567 g/mol. The number of benzene rings is 2. The number of amides is 1. The lowest BCUT2D eigenvalue weighted by Gasteiger charge is -2.33. The third kappa shape index (κ3) is 7.85. The molecule has 0 radical (unpaired) electrons. The maximum atomic E-state index is 13.5. The van der Waals surface area contributed by atoms with Gasteiger partial charge in [0.1, 0.15) is 0 Å². The summed E-state index contributed by atoms with van der Waals surface area (Å²) in [5, 5.41) is 10.4. The molecular weight excluding hydrogens is 518 g/mol. The van der Waals surface area contributed by atoms with E-state index in [4.69, 9.17) is 18.9 Å². The Bertz CT molecular complexity index is 1210. The van der Waals surface area contributed by atoms with Crippen LogP contribution in [0.15, 0.2) is 30.3 Å². The molecule has 2 rings (SSSR count). The highest BCUT2D eigenvalue weighted by atomic mass is 16.5. The minimum absolute atomic E-state index is 0.0539. The van der Waals surface area contributed by atoms with Crippen molar-refractivity contribution in [3.8, 4) is 29.1 Å². The molecule has 0 bridgehead atoms. The normalized spacial score (nSPS) is 13.0. The lowest BCUT2D eigenvalue weighted by Crippen LogP contribution is -2.43. The van der Waals surface area contributed by atoms with Gasteiger partial charge in [0.05, 0.1) is 39.9 Å². The van der Waals surface area contributed by atoms with Gasteiger partial charge >= 0.3 is 0 Å². The third-order valence-corrected chi connectivity index (χ3v) is 8.11. The van der Waals surface area contributed by atoms with E-state index >= 15 is 0 Å². The summed E-state index contributed by atoms with van der Waals surface area (Å²) in [5.74, 6) is 2.46. The molecule has 8 heteroatoms. The molecule has 0 fully saturated rings. The van der Waals surface area contributed by atoms with E-state index in [1.807, 2.05) is 52.1 Å². The van der Waals surface area contributed by atoms with Crippen LogP contribution in [-0.2, 0) is 11.8 Å². The average molecular weight is 568 g/mol. The quantitative estimate of drug-likeness (QED) is 0.278. The second-order valence-electron chi connectivity index (χ2n) is 11.9. The van der Waals surface area contributed by atoms with Gasteiger partial charge in [-0.3, -0.25) is 4.79 Å². The molecule has 8 nitrogen and oxygen atoms in total. The summed E-state index contributed by atoms with van der Waals surface area (Å²) in [7, 11) is 10.3. The van der Waals surface area contributed by atoms with E-state index in [0.29, 0.717) is 41.4 Å². The van der Waals surface area contributed by atoms with Gasteiger partial charge in [-0.25, -0.2) is 0 Å². The molecule has 226 valence electrons. The maximum absolute atomic E-state index is 13.5. The molecule has 0 aromatic heterocycles. The molecule has 0 aliphatic rings. The third-order valence-electron chi connectivity index (χ3n) is 8.11. The zero-order valence-electron chi connectivity index (χ0n) is 26.9. The Morgan fingerprint density at radius 2 is 1.44 bits per heavy atom. The number of rotatable bonds is 14. The van der Waals surface area contributed by atoms with E-state index in [-0.39, 0.29) is 17.4 Å². The Labute approximate surface area is 247 Å². The van der Waals surface area contributed by atoms with Crippen LogP contribution >= 0.6 is 0 Å². The number of ether oxygens (including phenoxy) is 4. The molecule has 0 spiro atoms. The van der Waals surface area contributed by atoms with Crippen molar-refractivity contribution >= 4 is 5.91 Å². The van der Waals surface area contributed by atoms with Gasteiger partial charge in [0, 0.05) is 24.7 Å². The van der Waals surface area contributed by atoms with Crippen molar-refractivity contribution in [2.45, 2.75) is 64.8 Å². The predicted octanol–water partition coefficient (Wildman–Crippen LogP) is 5.96. The number of methoxy groups -OCH3 is 4. The molecule has 0 aliphatic heterocycles. The largest absolute Gasteiger partial charge is 0.493 e. The summed E-state index contributed by atoms with van der Waals surface area (Å²) in [6.45, 7) is 11.8. The van der Waals surface area contributed by atoms with Gasteiger partial charge in [-0.15, -0.1) is 0 Å². The molecule has 41 heavy (non-hydrogen) atoms. The molecular formula is C33H49N3O5. The van der Waals surface area contributed by atoms with E-state index in [1.54, 1.807) is 39.4 Å². The molecule has 0 N–H and O–H groups in total. The van der Waals surface area contributed by atoms with Crippen molar-refractivity contribution in [3.63, 3.8) is 0 Å². The molecule has 2 aromatic carbocycles. The second-order valence-corrected chi connectivity index (χ2v) is 11.9. The lowest BCUT2D eigenvalue weighted by atomic mass is 9.69. The van der Waals surface area contributed by atoms with Crippen LogP contribution in [0.25, 0.3) is 0 Å². The first-order chi connectivity index (χ1) is 19.3. The number of nitrogens with zero attached hydrogens (tertiary/aromatic N) is 3. The first kappa shape index (κ1) is 33.8. The van der Waals surface area contributed by atoms with Crippen LogP contribution in [0.2, 0.25) is 0 Å². The van der Waals surface area contributed by atoms with Gasteiger partial charge in [0.2, 0.25) is 0 Å². The fourth-order valence-electron chi connectivity index (χ4n) is 4.99. The van der Waals surface area contributed by atoms with E-state index in [2.05, 4.69) is 31.9 Å². The van der Waals surface area contributed by atoms with Crippen molar-refractivity contribution in [3.05, 3.63) is 47.0 Å². The maximum Gasteiger partial charge on any atom is 0.254 e. The van der Waals surface area contributed by atoms with Crippen LogP contribution in [0.3, 0.4) is 0 Å². The molecule has 0 saturated carbocycles. The van der Waals surface area contributed by atoms with Crippen molar-refractivity contribution in [1.82, 2.24) is 9.80 Å². The van der Waals surface area contributed by atoms with E-state index < -0.39 is 5.41 Å². The smallest absolute Gasteiger partial charge is 0.254 e. The van der Waals surface area contributed by atoms with Crippen LogP contribution < -0.4 is 18.9 Å². The average Bonchev–Trinajstić information content (AvgIpc) is 2.95. The van der Waals surface area contributed by atoms with Crippen molar-refractivity contribution in [1.29, 1.82) is 5.26 Å². The molecule has 0 aliphatic carbocycles. The Hall–Kier alpha value is -3.44. The summed E-state index contributed by atoms with van der Waals surface area (Å²) in [6.07, 6.45) is 2.21. The zero-order chi connectivity index (χ0) is 31.0. The Balaban J connectivity index is 2.21. The van der Waals surface area contributed by atoms with E-state index in [0.717, 1.165) is 30.6 Å². The minimum atomic E-state index is -0.652. The lowest BCUT2D eigenvalue weighted by molar-refractivity contribution is 0.0654. The SMILES string of the molecule is COc1ccc(C(C#N)(CCCN(C)CCc2cc(OC)c(OC)cc2C(=O)N(C)C(C)(C)C)C(C)C)cc1OC. The summed E-state index contributed by atoms with van der Waals surface area (Å²) in [5.41, 5.74) is 1.49. The highest BCUT2D eigenvalue weighted by Gasteiger charge is 2.36. The van der Waals surface area contributed by atoms with E-state index in [1.165, 1.54) is 0 Å². The van der Waals surface area contributed by atoms with Crippen LogP contribution in [0.1, 0.15) is 68.9 Å². The molecule has 2 aromatic rings. The number of hydrogen-bond acceptors (Lipinski definition) is 7. The van der Waals surface area contributed by atoms with Crippen molar-refractivity contribution in [2.24, 2.45) is 5.92 Å². The van der Waals surface area contributed by atoms with Crippen LogP contribution in [0.5, 0.6) is 23.0 Å². The fourth-order valence-corrected chi connectivity index (χ4v) is 4.99. The minimum Gasteiger partial charge on any atom is -0.493 e. The van der Waals surface area contributed by atoms with Crippen molar-refractivity contribution in [2.75, 3.05) is 55.6 Å². The summed E-state index contributed by atoms with van der Waals surface area (Å²) in [4.78, 5) is 17.5. The zero-order valence-corrected chi connectivity index (χ0v) is 26.9. The molecule has 0 saturated heterocycles. The van der Waals surface area contributed by atoms with Crippen LogP contribution in [-0.4, -0.2) is 76.9 Å². The first-order valence-corrected chi connectivity index (χ1v) is 14.1. The number of hydrogen-bond donors (Lipinski definition) is 0. The second kappa shape index (κ2) is 14.5. The fraction of sp³-hybridized carbons (Fsp3) is 0.576. The highest BCUT2D eigenvalue weighted by Crippen LogP contribution is 2.40. The number of carbonyl (C=O) groups excluding carboxylic acids is 1. The van der Waals surface area contributed by atoms with Gasteiger partial charge in [0.15, 0.2) is 23.0 Å². The molecule has 1 atom stereocenters. The topological polar surface area (TPSA) is 84.3 Å². The number of likely N-dealkylation sites (N-methyl/N-ethyl adjacent to an activating group) is 1. The highest BCUT2D eigenvalue weighted by molar-refractivity contribution is 5.96. The van der Waals surface area contributed by atoms with Gasteiger partial charge < -0.3 is 28.7 Å². The Kier molecular flexibility index (Phi) is 11.9. The van der Waals surface area contributed by atoms with Crippen LogP contribution in [0, 0.1) is 17.2 Å². The number of nitriles is 1. The molecule has 0 heterocycles. The van der Waals surface area contributed by atoms with Gasteiger partial charge in [0.25, 0.3) is 5.91 Å². The summed E-state index contributed by atoms with van der Waals surface area (Å²) < 4.78 is 22.0. The first-order valence-electron chi connectivity index (χ1n) is 14.1. The Morgan fingerprint density at radius 1 is 0.878 bits per heavy atom. The standard InChI is InChI=1S/C33H49N3O5/c1-23(2)33(22-34,25-13-14-27(38-8)29(20-25)40-10)16-12-17-35(6)18-15-24-19-28(39-9)30(41-11)21-26(24)31(37)36(7)32(3,4)5/h13-14,19-21,23H,12,15-18H2,1-11H3. The molecule has 1 unspecified atom stereocenters. The summed E-state index contributed by atoms with van der Waals surface area (Å²) in [6, 6.07) is 12.1. The van der Waals surface area contributed by atoms with Crippen molar-refractivity contribution < 1.29 is 23.7 Å². The molecule has 1 amide bonds. The Morgan fingerprint density at radius 3 is 1.95 bits per heavy atom. The van der Waals surface area contributed by atoms with Gasteiger partial charge in [-0.1, -0.05) is 19.9 Å². The van der Waals surface area contributed by atoms with Gasteiger partial charge in [-0.2, -0.15) is 5.26 Å². The van der Waals surface area contributed by atoms with Crippen LogP contribution in [0.4, 0.5) is 0 Å². The van der Waals surface area contributed by atoms with E-state index in [9.17, 15) is 10.1 Å². The number of carbonyl (C=O) groups is 1.